The summed E-state index contributed by atoms with van der Waals surface area (Å²) in [7, 11) is 0. The molecule has 6 heteroatoms. The molecule has 0 aliphatic heterocycles. The lowest BCUT2D eigenvalue weighted by Gasteiger charge is -2.10. The van der Waals surface area contributed by atoms with E-state index < -0.39 is 12.6 Å². The van der Waals surface area contributed by atoms with Crippen LogP contribution in [0.15, 0.2) is 18.2 Å². The molecule has 0 N–H and O–H groups in total. The van der Waals surface area contributed by atoms with Crippen LogP contribution in [0.5, 0.6) is 5.75 Å². The lowest BCUT2D eigenvalue weighted by Crippen LogP contribution is -2.08. The standard InChI is InChI=1S/C12H13ClF3IO/c13-10-8-9(4-5-12(14,15)16)2-3-11(10)18-7-1-6-17/h2-3,8H,1,4-7H2. The molecule has 102 valence electrons. The first kappa shape index (κ1) is 15.9. The average Bonchev–Trinajstić information content (AvgIpc) is 2.28. The van der Waals surface area contributed by atoms with Gasteiger partial charge in [0.25, 0.3) is 0 Å². The maximum absolute atomic E-state index is 12.1. The van der Waals surface area contributed by atoms with Crippen molar-refractivity contribution < 1.29 is 17.9 Å². The molecule has 0 aliphatic carbocycles. The lowest BCUT2D eigenvalue weighted by atomic mass is 10.1. The molecule has 0 saturated carbocycles. The van der Waals surface area contributed by atoms with E-state index in [0.29, 0.717) is 22.9 Å². The van der Waals surface area contributed by atoms with Crippen molar-refractivity contribution in [2.45, 2.75) is 25.4 Å². The van der Waals surface area contributed by atoms with Crippen molar-refractivity contribution in [1.82, 2.24) is 0 Å². The van der Waals surface area contributed by atoms with E-state index in [1.165, 1.54) is 6.07 Å². The Hall–Kier alpha value is -0.170. The molecule has 0 saturated heterocycles. The van der Waals surface area contributed by atoms with E-state index in [1.807, 2.05) is 0 Å². The molecule has 0 aromatic heterocycles. The SMILES string of the molecule is FC(F)(F)CCc1ccc(OCCCI)c(Cl)c1. The van der Waals surface area contributed by atoms with Crippen LogP contribution in [-0.2, 0) is 6.42 Å². The number of rotatable bonds is 6. The monoisotopic (exact) mass is 392 g/mol. The molecule has 0 aliphatic rings. The predicted octanol–water partition coefficient (Wildman–Crippen LogP) is 5.04. The van der Waals surface area contributed by atoms with Gasteiger partial charge in [-0.15, -0.1) is 0 Å². The molecule has 0 atom stereocenters. The van der Waals surface area contributed by atoms with Gasteiger partial charge in [-0.05, 0) is 30.5 Å². The second kappa shape index (κ2) is 7.43. The zero-order valence-corrected chi connectivity index (χ0v) is 12.5. The smallest absolute Gasteiger partial charge is 0.389 e. The Labute approximate surface area is 123 Å². The minimum atomic E-state index is -4.14. The molecule has 0 heterocycles. The van der Waals surface area contributed by atoms with Crippen LogP contribution in [-0.4, -0.2) is 17.2 Å². The number of benzene rings is 1. The van der Waals surface area contributed by atoms with Gasteiger partial charge in [0.15, 0.2) is 0 Å². The molecule has 0 radical (unpaired) electrons. The van der Waals surface area contributed by atoms with Crippen molar-refractivity contribution in [3.63, 3.8) is 0 Å². The summed E-state index contributed by atoms with van der Waals surface area (Å²) in [5.74, 6) is 0.525. The first-order valence-electron chi connectivity index (χ1n) is 5.46. The van der Waals surface area contributed by atoms with E-state index in [4.69, 9.17) is 16.3 Å². The molecular weight excluding hydrogens is 379 g/mol. The molecule has 0 fully saturated rings. The third kappa shape index (κ3) is 6.13. The second-order valence-corrected chi connectivity index (χ2v) is 5.26. The molecule has 0 unspecified atom stereocenters. The third-order valence-electron chi connectivity index (χ3n) is 2.23. The Morgan fingerprint density at radius 1 is 1.28 bits per heavy atom. The largest absolute Gasteiger partial charge is 0.492 e. The first-order valence-corrected chi connectivity index (χ1v) is 7.36. The minimum Gasteiger partial charge on any atom is -0.492 e. The van der Waals surface area contributed by atoms with Crippen molar-refractivity contribution in [2.24, 2.45) is 0 Å². The average molecular weight is 393 g/mol. The van der Waals surface area contributed by atoms with Crippen molar-refractivity contribution in [2.75, 3.05) is 11.0 Å². The maximum atomic E-state index is 12.1. The van der Waals surface area contributed by atoms with Crippen LogP contribution in [0.25, 0.3) is 0 Å². The summed E-state index contributed by atoms with van der Waals surface area (Å²) in [6.07, 6.45) is -4.12. The summed E-state index contributed by atoms with van der Waals surface area (Å²) in [6, 6.07) is 4.78. The molecular formula is C12H13ClF3IO. The van der Waals surface area contributed by atoms with Crippen LogP contribution in [0, 0.1) is 0 Å². The number of hydrogen-bond donors (Lipinski definition) is 0. The summed E-state index contributed by atoms with van der Waals surface area (Å²) in [5.41, 5.74) is 0.568. The van der Waals surface area contributed by atoms with Crippen LogP contribution < -0.4 is 4.74 Å². The van der Waals surface area contributed by atoms with Gasteiger partial charge >= 0.3 is 6.18 Å². The molecule has 0 amide bonds. The Balaban J connectivity index is 2.56. The minimum absolute atomic E-state index is 0.0583. The van der Waals surface area contributed by atoms with Crippen molar-refractivity contribution >= 4 is 34.2 Å². The van der Waals surface area contributed by atoms with E-state index in [9.17, 15) is 13.2 Å². The zero-order valence-electron chi connectivity index (χ0n) is 9.57. The van der Waals surface area contributed by atoms with Crippen LogP contribution in [0.1, 0.15) is 18.4 Å². The summed E-state index contributed by atoms with van der Waals surface area (Å²) in [4.78, 5) is 0. The van der Waals surface area contributed by atoms with Gasteiger partial charge in [0.2, 0.25) is 0 Å². The molecule has 0 spiro atoms. The molecule has 0 bridgehead atoms. The highest BCUT2D eigenvalue weighted by Crippen LogP contribution is 2.28. The van der Waals surface area contributed by atoms with Gasteiger partial charge in [-0.25, -0.2) is 0 Å². The normalized spacial score (nSPS) is 11.6. The number of hydrogen-bond acceptors (Lipinski definition) is 1. The van der Waals surface area contributed by atoms with Crippen molar-refractivity contribution in [3.8, 4) is 5.75 Å². The fourth-order valence-electron chi connectivity index (χ4n) is 1.34. The Kier molecular flexibility index (Phi) is 6.55. The second-order valence-electron chi connectivity index (χ2n) is 3.77. The van der Waals surface area contributed by atoms with E-state index in [2.05, 4.69) is 22.6 Å². The summed E-state index contributed by atoms with van der Waals surface area (Å²) < 4.78 is 42.6. The van der Waals surface area contributed by atoms with Gasteiger partial charge < -0.3 is 4.74 Å². The highest BCUT2D eigenvalue weighted by molar-refractivity contribution is 14.1. The topological polar surface area (TPSA) is 9.23 Å². The predicted molar refractivity (Wildman–Crippen MR) is 74.8 cm³/mol. The van der Waals surface area contributed by atoms with Crippen molar-refractivity contribution in [1.29, 1.82) is 0 Å². The Morgan fingerprint density at radius 2 is 2.00 bits per heavy atom. The summed E-state index contributed by atoms with van der Waals surface area (Å²) in [6.45, 7) is 0.560. The molecule has 18 heavy (non-hydrogen) atoms. The van der Waals surface area contributed by atoms with Crippen LogP contribution in [0.4, 0.5) is 13.2 Å². The number of alkyl halides is 4. The van der Waals surface area contributed by atoms with E-state index >= 15 is 0 Å². The van der Waals surface area contributed by atoms with Gasteiger partial charge in [-0.1, -0.05) is 40.3 Å². The van der Waals surface area contributed by atoms with Crippen LogP contribution in [0.3, 0.4) is 0 Å². The fourth-order valence-corrected chi connectivity index (χ4v) is 1.91. The fraction of sp³-hybridized carbons (Fsp3) is 0.500. The van der Waals surface area contributed by atoms with E-state index in [1.54, 1.807) is 12.1 Å². The van der Waals surface area contributed by atoms with E-state index in [0.717, 1.165) is 10.8 Å². The Bertz CT molecular complexity index is 382. The number of halogens is 5. The summed E-state index contributed by atoms with van der Waals surface area (Å²) in [5, 5.41) is 0.364. The number of aryl methyl sites for hydroxylation is 1. The van der Waals surface area contributed by atoms with Gasteiger partial charge in [0.1, 0.15) is 5.75 Å². The first-order chi connectivity index (χ1) is 8.42. The van der Waals surface area contributed by atoms with Gasteiger partial charge in [0, 0.05) is 10.8 Å². The molecule has 1 aromatic rings. The molecule has 1 rings (SSSR count). The van der Waals surface area contributed by atoms with Gasteiger partial charge in [0.05, 0.1) is 11.6 Å². The maximum Gasteiger partial charge on any atom is 0.389 e. The number of ether oxygens (including phenoxy) is 1. The lowest BCUT2D eigenvalue weighted by molar-refractivity contribution is -0.133. The Morgan fingerprint density at radius 3 is 2.56 bits per heavy atom. The third-order valence-corrected chi connectivity index (χ3v) is 3.29. The summed E-state index contributed by atoms with van der Waals surface area (Å²) >= 11 is 8.19. The van der Waals surface area contributed by atoms with E-state index in [-0.39, 0.29) is 6.42 Å². The highest BCUT2D eigenvalue weighted by atomic mass is 127. The zero-order chi connectivity index (χ0) is 13.6. The highest BCUT2D eigenvalue weighted by Gasteiger charge is 2.26. The van der Waals surface area contributed by atoms with Crippen LogP contribution in [0.2, 0.25) is 5.02 Å². The van der Waals surface area contributed by atoms with Crippen molar-refractivity contribution in [3.05, 3.63) is 28.8 Å². The quantitative estimate of drug-likeness (QED) is 0.374. The van der Waals surface area contributed by atoms with Crippen LogP contribution >= 0.6 is 34.2 Å². The molecule has 1 nitrogen and oxygen atoms in total. The molecule has 1 aromatic carbocycles. The van der Waals surface area contributed by atoms with Gasteiger partial charge in [-0.2, -0.15) is 13.2 Å². The van der Waals surface area contributed by atoms with Gasteiger partial charge in [-0.3, -0.25) is 0 Å².